The van der Waals surface area contributed by atoms with E-state index < -0.39 is 0 Å². The number of nitrogens with zero attached hydrogens (tertiary/aromatic N) is 2. The topological polar surface area (TPSA) is 60.0 Å². The van der Waals surface area contributed by atoms with Gasteiger partial charge in [0, 0.05) is 24.1 Å². The fourth-order valence-electron chi connectivity index (χ4n) is 2.90. The van der Waals surface area contributed by atoms with Gasteiger partial charge in [0.1, 0.15) is 11.4 Å². The molecule has 4 nitrogen and oxygen atoms in total. The van der Waals surface area contributed by atoms with Crippen LogP contribution in [0.25, 0.3) is 0 Å². The predicted octanol–water partition coefficient (Wildman–Crippen LogP) is 2.88. The van der Waals surface area contributed by atoms with Crippen LogP contribution in [0.15, 0.2) is 42.6 Å². The molecule has 0 fully saturated rings. The molecule has 0 aliphatic carbocycles. The lowest BCUT2D eigenvalue weighted by Crippen LogP contribution is -2.40. The molecule has 0 radical (unpaired) electrons. The molecule has 0 saturated carbocycles. The standard InChI is InChI=1S/C17H16N2O2/c1-17(2)10-14(15-5-3-4-8-19(15)20)13-9-12(11-18)6-7-16(13)21-17/h3-9,14H,10H2,1-2H3/t14-/m0/s1. The van der Waals surface area contributed by atoms with E-state index in [0.29, 0.717) is 17.7 Å². The molecule has 2 aromatic rings. The first-order valence-corrected chi connectivity index (χ1v) is 6.91. The SMILES string of the molecule is CC1(C)C[C@H](c2cccc[n+]2[O-])c2cc(C#N)ccc2O1. The van der Waals surface area contributed by atoms with Crippen molar-refractivity contribution >= 4 is 0 Å². The Labute approximate surface area is 123 Å². The van der Waals surface area contributed by atoms with Crippen LogP contribution in [-0.4, -0.2) is 5.60 Å². The summed E-state index contributed by atoms with van der Waals surface area (Å²) in [5.74, 6) is 0.676. The molecule has 106 valence electrons. The number of rotatable bonds is 1. The van der Waals surface area contributed by atoms with Crippen LogP contribution in [0, 0.1) is 16.5 Å². The second-order valence-corrected chi connectivity index (χ2v) is 5.93. The van der Waals surface area contributed by atoms with E-state index in [1.807, 2.05) is 38.1 Å². The van der Waals surface area contributed by atoms with Gasteiger partial charge in [-0.05, 0) is 38.1 Å². The molecular formula is C17H16N2O2. The highest BCUT2D eigenvalue weighted by atomic mass is 16.5. The number of pyridine rings is 1. The summed E-state index contributed by atoms with van der Waals surface area (Å²) in [5.41, 5.74) is 1.82. The number of hydrogen-bond donors (Lipinski definition) is 0. The second-order valence-electron chi connectivity index (χ2n) is 5.93. The first kappa shape index (κ1) is 13.4. The second kappa shape index (κ2) is 4.78. The third-order valence-corrected chi connectivity index (χ3v) is 3.81. The van der Waals surface area contributed by atoms with Gasteiger partial charge in [0.2, 0.25) is 5.69 Å². The summed E-state index contributed by atoms with van der Waals surface area (Å²) in [7, 11) is 0. The Morgan fingerprint density at radius 2 is 2.14 bits per heavy atom. The van der Waals surface area contributed by atoms with Crippen molar-refractivity contribution in [2.45, 2.75) is 31.8 Å². The van der Waals surface area contributed by atoms with Gasteiger partial charge in [-0.2, -0.15) is 9.99 Å². The molecule has 0 amide bonds. The highest BCUT2D eigenvalue weighted by molar-refractivity contribution is 5.47. The summed E-state index contributed by atoms with van der Waals surface area (Å²) in [5, 5.41) is 21.2. The monoisotopic (exact) mass is 280 g/mol. The van der Waals surface area contributed by atoms with Crippen molar-refractivity contribution in [1.29, 1.82) is 5.26 Å². The van der Waals surface area contributed by atoms with Gasteiger partial charge >= 0.3 is 0 Å². The van der Waals surface area contributed by atoms with Crippen molar-refractivity contribution in [3.63, 3.8) is 0 Å². The predicted molar refractivity (Wildman–Crippen MR) is 77.7 cm³/mol. The Morgan fingerprint density at radius 1 is 1.33 bits per heavy atom. The maximum absolute atomic E-state index is 12.1. The molecule has 1 aliphatic rings. The zero-order valence-electron chi connectivity index (χ0n) is 12.0. The Kier molecular flexibility index (Phi) is 3.06. The molecule has 0 bridgehead atoms. The smallest absolute Gasteiger partial charge is 0.200 e. The van der Waals surface area contributed by atoms with Crippen molar-refractivity contribution in [2.24, 2.45) is 0 Å². The number of nitriles is 1. The Hall–Kier alpha value is -2.54. The van der Waals surface area contributed by atoms with E-state index in [1.54, 1.807) is 12.1 Å². The fourth-order valence-corrected chi connectivity index (χ4v) is 2.90. The quantitative estimate of drug-likeness (QED) is 0.596. The van der Waals surface area contributed by atoms with Crippen LogP contribution in [0.3, 0.4) is 0 Å². The molecule has 0 saturated heterocycles. The molecule has 4 heteroatoms. The number of ether oxygens (including phenoxy) is 1. The van der Waals surface area contributed by atoms with Crippen LogP contribution in [0.2, 0.25) is 0 Å². The van der Waals surface area contributed by atoms with E-state index >= 15 is 0 Å². The Morgan fingerprint density at radius 3 is 2.86 bits per heavy atom. The van der Waals surface area contributed by atoms with E-state index in [1.165, 1.54) is 6.20 Å². The summed E-state index contributed by atoms with van der Waals surface area (Å²) in [4.78, 5) is 0. The van der Waals surface area contributed by atoms with Gasteiger partial charge in [-0.1, -0.05) is 0 Å². The molecule has 0 unspecified atom stereocenters. The third kappa shape index (κ3) is 2.43. The van der Waals surface area contributed by atoms with Crippen LogP contribution < -0.4 is 9.47 Å². The average molecular weight is 280 g/mol. The fraction of sp³-hybridized carbons (Fsp3) is 0.294. The van der Waals surface area contributed by atoms with Crippen LogP contribution >= 0.6 is 0 Å². The summed E-state index contributed by atoms with van der Waals surface area (Å²) in [6.07, 6.45) is 2.20. The number of aromatic nitrogens is 1. The van der Waals surface area contributed by atoms with Crippen molar-refractivity contribution < 1.29 is 9.47 Å². The van der Waals surface area contributed by atoms with E-state index in [4.69, 9.17) is 10.00 Å². The number of hydrogen-bond acceptors (Lipinski definition) is 3. The minimum atomic E-state index is -0.353. The lowest BCUT2D eigenvalue weighted by atomic mass is 9.81. The molecule has 1 aromatic heterocycles. The Balaban J connectivity index is 2.18. The van der Waals surface area contributed by atoms with Crippen molar-refractivity contribution in [2.75, 3.05) is 0 Å². The maximum atomic E-state index is 12.1. The molecule has 0 spiro atoms. The summed E-state index contributed by atoms with van der Waals surface area (Å²) < 4.78 is 6.89. The largest absolute Gasteiger partial charge is 0.618 e. The lowest BCUT2D eigenvalue weighted by Gasteiger charge is -2.36. The van der Waals surface area contributed by atoms with Gasteiger partial charge in [-0.15, -0.1) is 0 Å². The molecule has 0 N–H and O–H groups in total. The van der Waals surface area contributed by atoms with E-state index in [-0.39, 0.29) is 11.5 Å². The molecule has 1 atom stereocenters. The Bertz CT molecular complexity index is 732. The van der Waals surface area contributed by atoms with Crippen LogP contribution in [-0.2, 0) is 0 Å². The lowest BCUT2D eigenvalue weighted by molar-refractivity contribution is -0.615. The zero-order valence-corrected chi connectivity index (χ0v) is 12.0. The first-order valence-electron chi connectivity index (χ1n) is 6.91. The van der Waals surface area contributed by atoms with Crippen molar-refractivity contribution in [1.82, 2.24) is 0 Å². The van der Waals surface area contributed by atoms with Crippen LogP contribution in [0.1, 0.15) is 43.0 Å². The maximum Gasteiger partial charge on any atom is 0.200 e. The molecule has 2 heterocycles. The number of fused-ring (bicyclic) bond motifs is 1. The molecule has 3 rings (SSSR count). The van der Waals surface area contributed by atoms with Gasteiger partial charge in [-0.25, -0.2) is 0 Å². The molecule has 1 aromatic carbocycles. The molecule has 21 heavy (non-hydrogen) atoms. The third-order valence-electron chi connectivity index (χ3n) is 3.81. The highest BCUT2D eigenvalue weighted by Crippen LogP contribution is 2.43. The van der Waals surface area contributed by atoms with Gasteiger partial charge in [0.15, 0.2) is 6.20 Å². The molecule has 1 aliphatic heterocycles. The van der Waals surface area contributed by atoms with Gasteiger partial charge in [0.05, 0.1) is 17.6 Å². The average Bonchev–Trinajstić information content (AvgIpc) is 2.46. The van der Waals surface area contributed by atoms with E-state index in [2.05, 4.69) is 6.07 Å². The zero-order chi connectivity index (χ0) is 15.0. The van der Waals surface area contributed by atoms with Crippen molar-refractivity contribution in [3.05, 3.63) is 64.6 Å². The van der Waals surface area contributed by atoms with Crippen LogP contribution in [0.5, 0.6) is 5.75 Å². The van der Waals surface area contributed by atoms with Crippen LogP contribution in [0.4, 0.5) is 0 Å². The number of benzene rings is 1. The summed E-state index contributed by atoms with van der Waals surface area (Å²) >= 11 is 0. The minimum Gasteiger partial charge on any atom is -0.618 e. The summed E-state index contributed by atoms with van der Waals surface area (Å²) in [6, 6.07) is 12.9. The minimum absolute atomic E-state index is 0.0734. The van der Waals surface area contributed by atoms with Gasteiger partial charge in [-0.3, -0.25) is 0 Å². The normalized spacial score (nSPS) is 19.2. The molecular weight excluding hydrogens is 264 g/mol. The summed E-state index contributed by atoms with van der Waals surface area (Å²) in [6.45, 7) is 4.03. The van der Waals surface area contributed by atoms with Crippen molar-refractivity contribution in [3.8, 4) is 11.8 Å². The van der Waals surface area contributed by atoms with E-state index in [0.717, 1.165) is 16.0 Å². The van der Waals surface area contributed by atoms with Gasteiger partial charge < -0.3 is 9.94 Å². The highest BCUT2D eigenvalue weighted by Gasteiger charge is 2.38. The van der Waals surface area contributed by atoms with Gasteiger partial charge in [0.25, 0.3) is 0 Å². The van der Waals surface area contributed by atoms with E-state index in [9.17, 15) is 5.21 Å². The first-order chi connectivity index (χ1) is 10.00.